The van der Waals surface area contributed by atoms with E-state index < -0.39 is 0 Å². The Kier molecular flexibility index (Phi) is 6.35. The molecule has 0 atom stereocenters. The molecule has 1 amide bonds. The van der Waals surface area contributed by atoms with Crippen molar-refractivity contribution in [2.75, 3.05) is 20.1 Å². The lowest BCUT2D eigenvalue weighted by Gasteiger charge is -2.28. The Bertz CT molecular complexity index is 390. The summed E-state index contributed by atoms with van der Waals surface area (Å²) < 4.78 is 4.93. The van der Waals surface area contributed by atoms with Gasteiger partial charge in [-0.25, -0.2) is 0 Å². The van der Waals surface area contributed by atoms with Gasteiger partial charge in [0.25, 0.3) is 0 Å². The molecular formula is C12H22ClN3O2. The standard InChI is InChI=1S/C12H21N3O2.ClH/c1-9-5-10(14-17-9)6-11(16)15(4)8-12(2,3)7-13;/h5H,6-8,13H2,1-4H3;1H. The average Bonchev–Trinajstić information content (AvgIpc) is 2.63. The molecule has 0 aliphatic heterocycles. The first kappa shape index (κ1) is 16.9. The molecule has 1 rings (SSSR count). The average molecular weight is 276 g/mol. The third kappa shape index (κ3) is 5.06. The minimum atomic E-state index is -0.0653. The molecule has 104 valence electrons. The Morgan fingerprint density at radius 2 is 2.17 bits per heavy atom. The third-order valence-electron chi connectivity index (χ3n) is 2.65. The van der Waals surface area contributed by atoms with Gasteiger partial charge >= 0.3 is 0 Å². The summed E-state index contributed by atoms with van der Waals surface area (Å²) in [7, 11) is 1.78. The Morgan fingerprint density at radius 3 is 2.61 bits per heavy atom. The summed E-state index contributed by atoms with van der Waals surface area (Å²) in [5, 5.41) is 3.81. The van der Waals surface area contributed by atoms with E-state index >= 15 is 0 Å². The monoisotopic (exact) mass is 275 g/mol. The summed E-state index contributed by atoms with van der Waals surface area (Å²) >= 11 is 0. The van der Waals surface area contributed by atoms with Gasteiger partial charge in [-0.2, -0.15) is 0 Å². The smallest absolute Gasteiger partial charge is 0.228 e. The number of nitrogens with zero attached hydrogens (tertiary/aromatic N) is 2. The van der Waals surface area contributed by atoms with Gasteiger partial charge in [-0.15, -0.1) is 12.4 Å². The van der Waals surface area contributed by atoms with Crippen LogP contribution in [0, 0.1) is 12.3 Å². The number of aromatic nitrogens is 1. The largest absolute Gasteiger partial charge is 0.361 e. The molecule has 0 unspecified atom stereocenters. The van der Waals surface area contributed by atoms with Gasteiger partial charge in [0.15, 0.2) is 0 Å². The SMILES string of the molecule is Cc1cc(CC(=O)N(C)CC(C)(C)CN)no1.Cl. The van der Waals surface area contributed by atoms with E-state index in [4.69, 9.17) is 10.3 Å². The predicted molar refractivity (Wildman–Crippen MR) is 72.7 cm³/mol. The van der Waals surface area contributed by atoms with Crippen molar-refractivity contribution in [2.24, 2.45) is 11.1 Å². The molecule has 0 aliphatic carbocycles. The third-order valence-corrected chi connectivity index (χ3v) is 2.65. The van der Waals surface area contributed by atoms with Crippen LogP contribution in [0.1, 0.15) is 25.3 Å². The van der Waals surface area contributed by atoms with Gasteiger partial charge in [0.1, 0.15) is 5.76 Å². The van der Waals surface area contributed by atoms with E-state index in [-0.39, 0.29) is 30.2 Å². The van der Waals surface area contributed by atoms with E-state index in [1.54, 1.807) is 18.0 Å². The van der Waals surface area contributed by atoms with E-state index in [0.29, 0.717) is 18.8 Å². The van der Waals surface area contributed by atoms with Crippen molar-refractivity contribution in [3.63, 3.8) is 0 Å². The van der Waals surface area contributed by atoms with Crippen LogP contribution in [-0.2, 0) is 11.2 Å². The van der Waals surface area contributed by atoms with Crippen molar-refractivity contribution in [3.8, 4) is 0 Å². The number of rotatable bonds is 5. The summed E-state index contributed by atoms with van der Waals surface area (Å²) in [6.07, 6.45) is 0.272. The quantitative estimate of drug-likeness (QED) is 0.881. The zero-order chi connectivity index (χ0) is 13.1. The number of nitrogens with two attached hydrogens (primary N) is 1. The first-order valence-corrected chi connectivity index (χ1v) is 5.70. The van der Waals surface area contributed by atoms with Crippen LogP contribution < -0.4 is 5.73 Å². The molecular weight excluding hydrogens is 254 g/mol. The fourth-order valence-electron chi connectivity index (χ4n) is 1.59. The van der Waals surface area contributed by atoms with E-state index in [1.807, 2.05) is 20.8 Å². The Morgan fingerprint density at radius 1 is 1.56 bits per heavy atom. The molecule has 1 heterocycles. The number of halogens is 1. The summed E-state index contributed by atoms with van der Waals surface area (Å²) in [5.74, 6) is 0.748. The molecule has 0 fully saturated rings. The van der Waals surface area contributed by atoms with Crippen LogP contribution >= 0.6 is 12.4 Å². The first-order chi connectivity index (χ1) is 7.84. The lowest BCUT2D eigenvalue weighted by atomic mass is 9.93. The minimum absolute atomic E-state index is 0. The van der Waals surface area contributed by atoms with Crippen molar-refractivity contribution in [3.05, 3.63) is 17.5 Å². The van der Waals surface area contributed by atoms with Gasteiger partial charge in [0.2, 0.25) is 5.91 Å². The second-order valence-corrected chi connectivity index (χ2v) is 5.22. The van der Waals surface area contributed by atoms with Gasteiger partial charge in [0, 0.05) is 19.7 Å². The summed E-state index contributed by atoms with van der Waals surface area (Å²) in [5.41, 5.74) is 6.25. The van der Waals surface area contributed by atoms with Crippen molar-refractivity contribution < 1.29 is 9.32 Å². The van der Waals surface area contributed by atoms with Crippen LogP contribution in [0.25, 0.3) is 0 Å². The van der Waals surface area contributed by atoms with Crippen LogP contribution in [0.4, 0.5) is 0 Å². The fraction of sp³-hybridized carbons (Fsp3) is 0.667. The minimum Gasteiger partial charge on any atom is -0.361 e. The molecule has 6 heteroatoms. The van der Waals surface area contributed by atoms with Crippen LogP contribution in [0.5, 0.6) is 0 Å². The molecule has 1 aromatic heterocycles. The Labute approximate surface area is 114 Å². The van der Waals surface area contributed by atoms with E-state index in [2.05, 4.69) is 5.16 Å². The van der Waals surface area contributed by atoms with Crippen molar-refractivity contribution in [1.29, 1.82) is 0 Å². The van der Waals surface area contributed by atoms with Gasteiger partial charge in [0.05, 0.1) is 12.1 Å². The highest BCUT2D eigenvalue weighted by Crippen LogP contribution is 2.14. The molecule has 0 spiro atoms. The van der Waals surface area contributed by atoms with Crippen LogP contribution in [-0.4, -0.2) is 36.1 Å². The number of likely N-dealkylation sites (N-methyl/N-ethyl adjacent to an activating group) is 1. The van der Waals surface area contributed by atoms with Gasteiger partial charge < -0.3 is 15.2 Å². The predicted octanol–water partition coefficient (Wildman–Crippen LogP) is 1.39. The molecule has 0 saturated carbocycles. The van der Waals surface area contributed by atoms with Crippen molar-refractivity contribution in [2.45, 2.75) is 27.2 Å². The maximum absolute atomic E-state index is 11.9. The van der Waals surface area contributed by atoms with Crippen molar-refractivity contribution in [1.82, 2.24) is 10.1 Å². The number of carbonyl (C=O) groups excluding carboxylic acids is 1. The fourth-order valence-corrected chi connectivity index (χ4v) is 1.59. The van der Waals surface area contributed by atoms with Crippen LogP contribution in [0.15, 0.2) is 10.6 Å². The first-order valence-electron chi connectivity index (χ1n) is 5.70. The van der Waals surface area contributed by atoms with E-state index in [9.17, 15) is 4.79 Å². The molecule has 0 aromatic carbocycles. The Hall–Kier alpha value is -1.07. The maximum Gasteiger partial charge on any atom is 0.228 e. The molecule has 0 saturated heterocycles. The zero-order valence-corrected chi connectivity index (χ0v) is 12.2. The van der Waals surface area contributed by atoms with Gasteiger partial charge in [-0.3, -0.25) is 4.79 Å². The molecule has 1 aromatic rings. The topological polar surface area (TPSA) is 72.4 Å². The highest BCUT2D eigenvalue weighted by molar-refractivity contribution is 5.85. The second-order valence-electron chi connectivity index (χ2n) is 5.22. The lowest BCUT2D eigenvalue weighted by molar-refractivity contribution is -0.130. The number of carbonyl (C=O) groups is 1. The van der Waals surface area contributed by atoms with E-state index in [1.165, 1.54) is 0 Å². The molecule has 0 aliphatic rings. The molecule has 0 radical (unpaired) electrons. The van der Waals surface area contributed by atoms with Crippen LogP contribution in [0.2, 0.25) is 0 Å². The summed E-state index contributed by atoms with van der Waals surface area (Å²) in [6.45, 7) is 7.07. The highest BCUT2D eigenvalue weighted by Gasteiger charge is 2.21. The molecule has 2 N–H and O–H groups in total. The zero-order valence-electron chi connectivity index (χ0n) is 11.4. The number of amides is 1. The maximum atomic E-state index is 11.9. The van der Waals surface area contributed by atoms with Crippen LogP contribution in [0.3, 0.4) is 0 Å². The highest BCUT2D eigenvalue weighted by atomic mass is 35.5. The molecule has 0 bridgehead atoms. The molecule has 5 nitrogen and oxygen atoms in total. The summed E-state index contributed by atoms with van der Waals surface area (Å²) in [4.78, 5) is 13.6. The number of hydrogen-bond donors (Lipinski definition) is 1. The Balaban J connectivity index is 0.00000289. The van der Waals surface area contributed by atoms with Crippen molar-refractivity contribution >= 4 is 18.3 Å². The van der Waals surface area contributed by atoms with E-state index in [0.717, 1.165) is 5.76 Å². The number of aryl methyl sites for hydroxylation is 1. The second kappa shape index (κ2) is 6.75. The van der Waals surface area contributed by atoms with Gasteiger partial charge in [-0.1, -0.05) is 19.0 Å². The summed E-state index contributed by atoms with van der Waals surface area (Å²) in [6, 6.07) is 1.78. The van der Waals surface area contributed by atoms with Gasteiger partial charge in [-0.05, 0) is 18.9 Å². The normalized spacial score (nSPS) is 10.9. The number of hydrogen-bond acceptors (Lipinski definition) is 4. The molecule has 18 heavy (non-hydrogen) atoms. The lowest BCUT2D eigenvalue weighted by Crippen LogP contribution is -2.40.